The molecule has 0 aromatic heterocycles. The Morgan fingerprint density at radius 3 is 2.36 bits per heavy atom. The first-order valence-corrected chi connectivity index (χ1v) is 10.6. The molecule has 0 unspecified atom stereocenters. The smallest absolute Gasteiger partial charge is 0.243 e. The maximum Gasteiger partial charge on any atom is 0.243 e. The molecule has 8 heteroatoms. The molecule has 0 heterocycles. The molecule has 0 aliphatic carbocycles. The van der Waals surface area contributed by atoms with E-state index in [9.17, 15) is 13.2 Å². The fraction of sp³-hybridized carbons (Fsp3) is 0.350. The van der Waals surface area contributed by atoms with Crippen LogP contribution < -0.4 is 19.1 Å². The molecule has 1 atom stereocenters. The second kappa shape index (κ2) is 8.97. The zero-order chi connectivity index (χ0) is 20.9. The van der Waals surface area contributed by atoms with Gasteiger partial charge in [-0.05, 0) is 37.6 Å². The molecule has 0 spiro atoms. The number of nitrogens with one attached hydrogen (secondary N) is 1. The molecule has 0 saturated carbocycles. The minimum atomic E-state index is -3.74. The summed E-state index contributed by atoms with van der Waals surface area (Å²) >= 11 is 0. The van der Waals surface area contributed by atoms with Crippen LogP contribution in [0.5, 0.6) is 11.5 Å². The lowest BCUT2D eigenvalue weighted by Gasteiger charge is -2.29. The number of rotatable bonds is 8. The lowest BCUT2D eigenvalue weighted by Crippen LogP contribution is -2.47. The van der Waals surface area contributed by atoms with Crippen LogP contribution in [0.2, 0.25) is 0 Å². The Morgan fingerprint density at radius 1 is 1.11 bits per heavy atom. The van der Waals surface area contributed by atoms with E-state index < -0.39 is 22.0 Å². The van der Waals surface area contributed by atoms with Gasteiger partial charge in [0.1, 0.15) is 17.5 Å². The van der Waals surface area contributed by atoms with Crippen LogP contribution in [-0.2, 0) is 21.4 Å². The van der Waals surface area contributed by atoms with Crippen molar-refractivity contribution in [3.05, 3.63) is 53.6 Å². The third kappa shape index (κ3) is 4.95. The number of methoxy groups -OCH3 is 2. The highest BCUT2D eigenvalue weighted by molar-refractivity contribution is 7.92. The monoisotopic (exact) mass is 406 g/mol. The number of aryl methyl sites for hydroxylation is 1. The van der Waals surface area contributed by atoms with Crippen LogP contribution in [0, 0.1) is 6.92 Å². The van der Waals surface area contributed by atoms with E-state index in [1.807, 2.05) is 31.2 Å². The van der Waals surface area contributed by atoms with Crippen LogP contribution in [-0.4, -0.2) is 40.8 Å². The molecule has 0 aliphatic heterocycles. The first-order chi connectivity index (χ1) is 13.2. The molecule has 1 N–H and O–H groups in total. The number of benzene rings is 2. The zero-order valence-corrected chi connectivity index (χ0v) is 17.5. The molecule has 152 valence electrons. The Bertz CT molecular complexity index is 943. The summed E-state index contributed by atoms with van der Waals surface area (Å²) in [6.07, 6.45) is 1.07. The van der Waals surface area contributed by atoms with Crippen molar-refractivity contribution in [3.63, 3.8) is 0 Å². The van der Waals surface area contributed by atoms with Gasteiger partial charge in [0.25, 0.3) is 0 Å². The first kappa shape index (κ1) is 21.6. The fourth-order valence-corrected chi connectivity index (χ4v) is 4.10. The van der Waals surface area contributed by atoms with Crippen molar-refractivity contribution in [2.75, 3.05) is 24.8 Å². The maximum absolute atomic E-state index is 12.8. The summed E-state index contributed by atoms with van der Waals surface area (Å²) in [4.78, 5) is 12.8. The average molecular weight is 407 g/mol. The van der Waals surface area contributed by atoms with Gasteiger partial charge in [-0.25, -0.2) is 8.42 Å². The molecular formula is C20H26N2O5S. The summed E-state index contributed by atoms with van der Waals surface area (Å²) < 4.78 is 36.7. The van der Waals surface area contributed by atoms with Crippen LogP contribution >= 0.6 is 0 Å². The van der Waals surface area contributed by atoms with E-state index in [0.29, 0.717) is 17.2 Å². The van der Waals surface area contributed by atoms with Crippen LogP contribution in [0.25, 0.3) is 0 Å². The number of amides is 1. The van der Waals surface area contributed by atoms with Gasteiger partial charge in [0, 0.05) is 12.1 Å². The van der Waals surface area contributed by atoms with E-state index in [1.165, 1.54) is 7.11 Å². The lowest BCUT2D eigenvalue weighted by molar-refractivity contribution is -0.122. The summed E-state index contributed by atoms with van der Waals surface area (Å²) in [7, 11) is -0.726. The summed E-state index contributed by atoms with van der Waals surface area (Å²) in [6, 6.07) is 11.5. The minimum Gasteiger partial charge on any atom is -0.496 e. The first-order valence-electron chi connectivity index (χ1n) is 8.72. The van der Waals surface area contributed by atoms with Crippen LogP contribution in [0.4, 0.5) is 5.69 Å². The average Bonchev–Trinajstić information content (AvgIpc) is 2.65. The molecule has 28 heavy (non-hydrogen) atoms. The summed E-state index contributed by atoms with van der Waals surface area (Å²) in [5.41, 5.74) is 1.97. The molecule has 0 aliphatic rings. The molecule has 0 saturated heterocycles. The number of anilines is 1. The molecule has 2 rings (SSSR count). The number of hydrogen-bond donors (Lipinski definition) is 1. The van der Waals surface area contributed by atoms with Gasteiger partial charge in [-0.1, -0.05) is 24.3 Å². The van der Waals surface area contributed by atoms with Crippen molar-refractivity contribution in [1.29, 1.82) is 0 Å². The van der Waals surface area contributed by atoms with Crippen molar-refractivity contribution in [2.24, 2.45) is 0 Å². The molecule has 7 nitrogen and oxygen atoms in total. The number of sulfonamides is 1. The maximum atomic E-state index is 12.8. The van der Waals surface area contributed by atoms with Gasteiger partial charge >= 0.3 is 0 Å². The highest BCUT2D eigenvalue weighted by Crippen LogP contribution is 2.32. The van der Waals surface area contributed by atoms with Crippen molar-refractivity contribution in [1.82, 2.24) is 5.32 Å². The van der Waals surface area contributed by atoms with Crippen molar-refractivity contribution in [2.45, 2.75) is 26.4 Å². The van der Waals surface area contributed by atoms with E-state index in [4.69, 9.17) is 9.47 Å². The van der Waals surface area contributed by atoms with Crippen LogP contribution in [0.1, 0.15) is 18.1 Å². The number of carbonyl (C=O) groups is 1. The Hall–Kier alpha value is -2.74. The van der Waals surface area contributed by atoms with Crippen LogP contribution in [0.3, 0.4) is 0 Å². The Morgan fingerprint density at radius 2 is 1.75 bits per heavy atom. The Labute approximate surface area is 166 Å². The number of nitrogens with zero attached hydrogens (tertiary/aromatic N) is 1. The molecule has 0 radical (unpaired) electrons. The second-order valence-corrected chi connectivity index (χ2v) is 8.30. The fourth-order valence-electron chi connectivity index (χ4n) is 2.93. The van der Waals surface area contributed by atoms with Crippen molar-refractivity contribution >= 4 is 21.6 Å². The van der Waals surface area contributed by atoms with E-state index in [2.05, 4.69) is 5.32 Å². The third-order valence-electron chi connectivity index (χ3n) is 4.31. The molecule has 2 aromatic rings. The van der Waals surface area contributed by atoms with Gasteiger partial charge in [-0.15, -0.1) is 0 Å². The Balaban J connectivity index is 2.30. The zero-order valence-electron chi connectivity index (χ0n) is 16.7. The van der Waals surface area contributed by atoms with Gasteiger partial charge in [-0.3, -0.25) is 9.10 Å². The highest BCUT2D eigenvalue weighted by Gasteiger charge is 2.31. The lowest BCUT2D eigenvalue weighted by atomic mass is 10.1. The summed E-state index contributed by atoms with van der Waals surface area (Å²) in [5.74, 6) is 0.594. The topological polar surface area (TPSA) is 84.9 Å². The number of ether oxygens (including phenoxy) is 2. The standard InChI is InChI=1S/C20H26N2O5S/c1-14-10-11-19(27-4)17(12-14)22(28(5,24)25)15(2)20(23)21-13-16-8-6-7-9-18(16)26-3/h6-12,15H,13H2,1-5H3,(H,21,23)/t15-/m0/s1. The molecule has 0 fully saturated rings. The predicted molar refractivity (Wildman–Crippen MR) is 109 cm³/mol. The largest absolute Gasteiger partial charge is 0.496 e. The van der Waals surface area contributed by atoms with E-state index in [1.54, 1.807) is 32.2 Å². The molecule has 2 aromatic carbocycles. The van der Waals surface area contributed by atoms with Gasteiger partial charge in [-0.2, -0.15) is 0 Å². The molecule has 0 bridgehead atoms. The predicted octanol–water partition coefficient (Wildman–Crippen LogP) is 2.48. The minimum absolute atomic E-state index is 0.218. The number of carbonyl (C=O) groups excluding carboxylic acids is 1. The van der Waals surface area contributed by atoms with Crippen molar-refractivity contribution in [3.8, 4) is 11.5 Å². The Kier molecular flexibility index (Phi) is 6.90. The number of hydrogen-bond acceptors (Lipinski definition) is 5. The normalized spacial score (nSPS) is 12.2. The van der Waals surface area contributed by atoms with Gasteiger partial charge in [0.15, 0.2) is 0 Å². The SMILES string of the molecule is COc1ccccc1CNC(=O)[C@H](C)N(c1cc(C)ccc1OC)S(C)(=O)=O. The number of para-hydroxylation sites is 1. The second-order valence-electron chi connectivity index (χ2n) is 6.44. The van der Waals surface area contributed by atoms with Gasteiger partial charge in [0.2, 0.25) is 15.9 Å². The van der Waals surface area contributed by atoms with E-state index >= 15 is 0 Å². The van der Waals surface area contributed by atoms with Gasteiger partial charge in [0.05, 0.1) is 26.2 Å². The van der Waals surface area contributed by atoms with E-state index in [0.717, 1.165) is 21.7 Å². The van der Waals surface area contributed by atoms with Crippen LogP contribution in [0.15, 0.2) is 42.5 Å². The molecule has 1 amide bonds. The summed E-state index contributed by atoms with van der Waals surface area (Å²) in [6.45, 7) is 3.60. The molecular weight excluding hydrogens is 380 g/mol. The summed E-state index contributed by atoms with van der Waals surface area (Å²) in [5, 5.41) is 2.78. The van der Waals surface area contributed by atoms with E-state index in [-0.39, 0.29) is 6.54 Å². The quantitative estimate of drug-likeness (QED) is 0.728. The third-order valence-corrected chi connectivity index (χ3v) is 5.53. The van der Waals surface area contributed by atoms with Gasteiger partial charge < -0.3 is 14.8 Å². The highest BCUT2D eigenvalue weighted by atomic mass is 32.2. The van der Waals surface area contributed by atoms with Crippen molar-refractivity contribution < 1.29 is 22.7 Å².